The van der Waals surface area contributed by atoms with Crippen molar-refractivity contribution in [1.29, 1.82) is 0 Å². The van der Waals surface area contributed by atoms with Crippen LogP contribution in [-0.4, -0.2) is 6.54 Å². The summed E-state index contributed by atoms with van der Waals surface area (Å²) >= 11 is 11.7. The fourth-order valence-electron chi connectivity index (χ4n) is 0.879. The van der Waals surface area contributed by atoms with E-state index in [1.54, 1.807) is 18.2 Å². The van der Waals surface area contributed by atoms with E-state index in [-0.39, 0.29) is 0 Å². The van der Waals surface area contributed by atoms with Gasteiger partial charge in [-0.15, -0.1) is 0 Å². The normalized spacial score (nSPS) is 9.77. The van der Waals surface area contributed by atoms with Gasteiger partial charge in [0.15, 0.2) is 0 Å². The van der Waals surface area contributed by atoms with Gasteiger partial charge in [-0.25, -0.2) is 0 Å². The molecule has 0 saturated heterocycles. The number of nitrogens with one attached hydrogen (secondary N) is 1. The first-order chi connectivity index (χ1) is 6.09. The molecular weight excluding hydrogens is 205 g/mol. The van der Waals surface area contributed by atoms with Crippen molar-refractivity contribution in [2.24, 2.45) is 0 Å². The monoisotopic (exact) mass is 215 g/mol. The lowest BCUT2D eigenvalue weighted by atomic mass is 10.3. The number of benzene rings is 1. The van der Waals surface area contributed by atoms with Crippen molar-refractivity contribution in [2.75, 3.05) is 11.9 Å². The SMILES string of the molecule is C=C(C)CNc1cc(Cl)ccc1Cl. The van der Waals surface area contributed by atoms with E-state index >= 15 is 0 Å². The van der Waals surface area contributed by atoms with Crippen molar-refractivity contribution >= 4 is 28.9 Å². The van der Waals surface area contributed by atoms with Crippen LogP contribution >= 0.6 is 23.2 Å². The van der Waals surface area contributed by atoms with E-state index in [2.05, 4.69) is 11.9 Å². The molecular formula is C10H11Cl2N. The van der Waals surface area contributed by atoms with Crippen molar-refractivity contribution in [3.8, 4) is 0 Å². The quantitative estimate of drug-likeness (QED) is 0.753. The zero-order chi connectivity index (χ0) is 9.84. The molecule has 1 nitrogen and oxygen atoms in total. The molecule has 1 aromatic rings. The summed E-state index contributed by atoms with van der Waals surface area (Å²) in [6.45, 7) is 6.44. The van der Waals surface area contributed by atoms with E-state index in [1.807, 2.05) is 6.92 Å². The van der Waals surface area contributed by atoms with Crippen molar-refractivity contribution in [3.05, 3.63) is 40.4 Å². The maximum Gasteiger partial charge on any atom is 0.0638 e. The summed E-state index contributed by atoms with van der Waals surface area (Å²) in [5, 5.41) is 4.48. The summed E-state index contributed by atoms with van der Waals surface area (Å²) in [7, 11) is 0. The Balaban J connectivity index is 2.75. The molecule has 13 heavy (non-hydrogen) atoms. The van der Waals surface area contributed by atoms with Gasteiger partial charge in [-0.1, -0.05) is 35.4 Å². The Hall–Kier alpha value is -0.660. The van der Waals surface area contributed by atoms with Crippen LogP contribution < -0.4 is 5.32 Å². The molecule has 0 aliphatic heterocycles. The second-order valence-corrected chi connectivity index (χ2v) is 3.78. The highest BCUT2D eigenvalue weighted by atomic mass is 35.5. The molecule has 0 aliphatic rings. The number of hydrogen-bond acceptors (Lipinski definition) is 1. The average Bonchev–Trinajstić information content (AvgIpc) is 2.06. The molecule has 0 aliphatic carbocycles. The molecule has 0 saturated carbocycles. The Morgan fingerprint density at radius 3 is 2.77 bits per heavy atom. The van der Waals surface area contributed by atoms with Gasteiger partial charge in [0.2, 0.25) is 0 Å². The first kappa shape index (κ1) is 10.4. The summed E-state index contributed by atoms with van der Waals surface area (Å²) in [6, 6.07) is 5.33. The van der Waals surface area contributed by atoms with Gasteiger partial charge in [0.25, 0.3) is 0 Å². The van der Waals surface area contributed by atoms with Crippen molar-refractivity contribution < 1.29 is 0 Å². The van der Waals surface area contributed by atoms with Gasteiger partial charge >= 0.3 is 0 Å². The summed E-state index contributed by atoms with van der Waals surface area (Å²) in [5.41, 5.74) is 1.90. The van der Waals surface area contributed by atoms with Crippen LogP contribution in [0.4, 0.5) is 5.69 Å². The van der Waals surface area contributed by atoms with Crippen LogP contribution in [0.5, 0.6) is 0 Å². The third kappa shape index (κ3) is 3.29. The highest BCUT2D eigenvalue weighted by Gasteiger charge is 1.99. The van der Waals surface area contributed by atoms with Gasteiger partial charge < -0.3 is 5.32 Å². The highest BCUT2D eigenvalue weighted by molar-refractivity contribution is 6.35. The molecule has 1 aromatic carbocycles. The lowest BCUT2D eigenvalue weighted by Crippen LogP contribution is -2.02. The number of rotatable bonds is 3. The van der Waals surface area contributed by atoms with Gasteiger partial charge in [-0.3, -0.25) is 0 Å². The van der Waals surface area contributed by atoms with Crippen LogP contribution in [0.2, 0.25) is 10.0 Å². The largest absolute Gasteiger partial charge is 0.380 e. The Bertz CT molecular complexity index is 321. The van der Waals surface area contributed by atoms with Crippen LogP contribution in [0.25, 0.3) is 0 Å². The summed E-state index contributed by atoms with van der Waals surface area (Å²) < 4.78 is 0. The molecule has 0 heterocycles. The molecule has 0 atom stereocenters. The molecule has 0 amide bonds. The van der Waals surface area contributed by atoms with Gasteiger partial charge in [-0.2, -0.15) is 0 Å². The van der Waals surface area contributed by atoms with Gasteiger partial charge in [0.05, 0.1) is 10.7 Å². The lowest BCUT2D eigenvalue weighted by Gasteiger charge is -2.07. The Morgan fingerprint density at radius 2 is 2.15 bits per heavy atom. The second-order valence-electron chi connectivity index (χ2n) is 2.93. The first-order valence-electron chi connectivity index (χ1n) is 3.93. The molecule has 3 heteroatoms. The third-order valence-electron chi connectivity index (χ3n) is 1.51. The second kappa shape index (κ2) is 4.54. The third-order valence-corrected chi connectivity index (χ3v) is 2.07. The van der Waals surface area contributed by atoms with Crippen LogP contribution in [0, 0.1) is 0 Å². The minimum absolute atomic E-state index is 0.672. The highest BCUT2D eigenvalue weighted by Crippen LogP contribution is 2.25. The minimum Gasteiger partial charge on any atom is -0.380 e. The topological polar surface area (TPSA) is 12.0 Å². The maximum atomic E-state index is 5.93. The fourth-order valence-corrected chi connectivity index (χ4v) is 1.24. The first-order valence-corrected chi connectivity index (χ1v) is 4.68. The van der Waals surface area contributed by atoms with Crippen LogP contribution in [-0.2, 0) is 0 Å². The zero-order valence-electron chi connectivity index (χ0n) is 7.40. The molecule has 0 fully saturated rings. The van der Waals surface area contributed by atoms with Gasteiger partial charge in [0, 0.05) is 11.6 Å². The molecule has 1 N–H and O–H groups in total. The Labute approximate surface area is 88.4 Å². The van der Waals surface area contributed by atoms with E-state index in [0.29, 0.717) is 16.6 Å². The summed E-state index contributed by atoms with van der Waals surface area (Å²) in [5.74, 6) is 0. The van der Waals surface area contributed by atoms with Gasteiger partial charge in [0.1, 0.15) is 0 Å². The molecule has 0 unspecified atom stereocenters. The van der Waals surface area contributed by atoms with E-state index in [1.165, 1.54) is 0 Å². The Kier molecular flexibility index (Phi) is 3.64. The van der Waals surface area contributed by atoms with Gasteiger partial charge in [-0.05, 0) is 25.1 Å². The Morgan fingerprint density at radius 1 is 1.46 bits per heavy atom. The predicted octanol–water partition coefficient (Wildman–Crippen LogP) is 3.98. The molecule has 0 bridgehead atoms. The van der Waals surface area contributed by atoms with Crippen molar-refractivity contribution in [1.82, 2.24) is 0 Å². The van der Waals surface area contributed by atoms with E-state index in [9.17, 15) is 0 Å². The van der Waals surface area contributed by atoms with E-state index in [4.69, 9.17) is 23.2 Å². The van der Waals surface area contributed by atoms with Crippen LogP contribution in [0.15, 0.2) is 30.4 Å². The average molecular weight is 216 g/mol. The molecule has 1 rings (SSSR count). The number of hydrogen-bond donors (Lipinski definition) is 1. The van der Waals surface area contributed by atoms with Crippen LogP contribution in [0.3, 0.4) is 0 Å². The molecule has 0 spiro atoms. The number of anilines is 1. The standard InChI is InChI=1S/C10H11Cl2N/c1-7(2)6-13-10-5-8(11)3-4-9(10)12/h3-5,13H,1,6H2,2H3. The number of halogens is 2. The maximum absolute atomic E-state index is 5.93. The minimum atomic E-state index is 0.672. The van der Waals surface area contributed by atoms with Crippen molar-refractivity contribution in [3.63, 3.8) is 0 Å². The molecule has 0 radical (unpaired) electrons. The lowest BCUT2D eigenvalue weighted by molar-refractivity contribution is 1.22. The zero-order valence-corrected chi connectivity index (χ0v) is 8.91. The van der Waals surface area contributed by atoms with E-state index in [0.717, 1.165) is 11.3 Å². The predicted molar refractivity (Wildman–Crippen MR) is 59.8 cm³/mol. The molecule has 0 aromatic heterocycles. The fraction of sp³-hybridized carbons (Fsp3) is 0.200. The van der Waals surface area contributed by atoms with Crippen LogP contribution in [0.1, 0.15) is 6.92 Å². The molecule has 70 valence electrons. The van der Waals surface area contributed by atoms with Crippen molar-refractivity contribution in [2.45, 2.75) is 6.92 Å². The van der Waals surface area contributed by atoms with E-state index < -0.39 is 0 Å². The summed E-state index contributed by atoms with van der Waals surface area (Å²) in [4.78, 5) is 0. The summed E-state index contributed by atoms with van der Waals surface area (Å²) in [6.07, 6.45) is 0. The smallest absolute Gasteiger partial charge is 0.0638 e.